The normalized spacial score (nSPS) is 33.5. The van der Waals surface area contributed by atoms with Crippen molar-refractivity contribution >= 4 is 12.0 Å². The van der Waals surface area contributed by atoms with E-state index in [4.69, 9.17) is 0 Å². The van der Waals surface area contributed by atoms with Crippen molar-refractivity contribution in [3.05, 3.63) is 42.0 Å². The molecule has 2 bridgehead atoms. The lowest BCUT2D eigenvalue weighted by molar-refractivity contribution is -0.118. The zero-order valence-corrected chi connectivity index (χ0v) is 13.2. The molecule has 21 heavy (non-hydrogen) atoms. The molecule has 1 N–H and O–H groups in total. The largest absolute Gasteiger partial charge is 0.349 e. The molecular formula is C19H25NO. The van der Waals surface area contributed by atoms with Crippen LogP contribution in [0.3, 0.4) is 0 Å². The van der Waals surface area contributed by atoms with E-state index in [1.54, 1.807) is 6.08 Å². The van der Waals surface area contributed by atoms with Crippen LogP contribution in [0.2, 0.25) is 0 Å². The van der Waals surface area contributed by atoms with E-state index in [-0.39, 0.29) is 11.3 Å². The van der Waals surface area contributed by atoms with E-state index in [9.17, 15) is 4.79 Å². The van der Waals surface area contributed by atoms with Crippen molar-refractivity contribution in [2.24, 2.45) is 16.7 Å². The minimum absolute atomic E-state index is 0.0356. The van der Waals surface area contributed by atoms with Crippen LogP contribution in [0.15, 0.2) is 36.4 Å². The van der Waals surface area contributed by atoms with Gasteiger partial charge in [0.2, 0.25) is 5.91 Å². The van der Waals surface area contributed by atoms with Gasteiger partial charge in [-0.1, -0.05) is 51.1 Å². The van der Waals surface area contributed by atoms with Crippen LogP contribution in [0, 0.1) is 16.7 Å². The maximum absolute atomic E-state index is 12.2. The average molecular weight is 283 g/mol. The molecule has 3 atom stereocenters. The third-order valence-corrected chi connectivity index (χ3v) is 6.34. The lowest BCUT2D eigenvalue weighted by Crippen LogP contribution is -2.46. The Morgan fingerprint density at radius 2 is 1.95 bits per heavy atom. The molecule has 0 aliphatic heterocycles. The molecule has 112 valence electrons. The lowest BCUT2D eigenvalue weighted by Gasteiger charge is -2.39. The van der Waals surface area contributed by atoms with Crippen LogP contribution in [0.1, 0.15) is 45.6 Å². The number of nitrogens with one attached hydrogen (secondary N) is 1. The molecule has 2 saturated carbocycles. The number of amides is 1. The lowest BCUT2D eigenvalue weighted by atomic mass is 9.69. The Hall–Kier alpha value is -1.57. The van der Waals surface area contributed by atoms with Crippen molar-refractivity contribution in [3.8, 4) is 0 Å². The standard InChI is InChI=1S/C19H25NO/c1-18(2)15-11-12-19(18,3)16(13-15)20-17(21)10-9-14-7-5-4-6-8-14/h4-10,15-16H,11-13H2,1-3H3,(H,20,21)/b10-9+/t15-,16-,19+/m1/s1. The first-order chi connectivity index (χ1) is 9.93. The van der Waals surface area contributed by atoms with Gasteiger partial charge in [-0.2, -0.15) is 0 Å². The molecule has 2 nitrogen and oxygen atoms in total. The summed E-state index contributed by atoms with van der Waals surface area (Å²) in [5.41, 5.74) is 1.65. The molecule has 1 amide bonds. The second kappa shape index (κ2) is 5.01. The van der Waals surface area contributed by atoms with Crippen LogP contribution < -0.4 is 5.32 Å². The first-order valence-corrected chi connectivity index (χ1v) is 7.97. The van der Waals surface area contributed by atoms with Crippen LogP contribution in [-0.4, -0.2) is 11.9 Å². The van der Waals surface area contributed by atoms with Crippen LogP contribution in [0.5, 0.6) is 0 Å². The summed E-state index contributed by atoms with van der Waals surface area (Å²) in [6.45, 7) is 7.10. The fraction of sp³-hybridized carbons (Fsp3) is 0.526. The summed E-state index contributed by atoms with van der Waals surface area (Å²) in [6.07, 6.45) is 7.23. The molecule has 1 aromatic rings. The maximum Gasteiger partial charge on any atom is 0.244 e. The number of benzene rings is 1. The van der Waals surface area contributed by atoms with Crippen LogP contribution in [0.25, 0.3) is 6.08 Å². The van der Waals surface area contributed by atoms with Crippen molar-refractivity contribution in [1.82, 2.24) is 5.32 Å². The van der Waals surface area contributed by atoms with Crippen molar-refractivity contribution in [2.75, 3.05) is 0 Å². The van der Waals surface area contributed by atoms with E-state index in [2.05, 4.69) is 26.1 Å². The third kappa shape index (κ3) is 2.31. The highest BCUT2D eigenvalue weighted by atomic mass is 16.1. The molecule has 2 fully saturated rings. The minimum Gasteiger partial charge on any atom is -0.349 e. The molecule has 2 aliphatic carbocycles. The van der Waals surface area contributed by atoms with Crippen molar-refractivity contribution in [2.45, 2.75) is 46.1 Å². The van der Waals surface area contributed by atoms with Crippen molar-refractivity contribution in [3.63, 3.8) is 0 Å². The van der Waals surface area contributed by atoms with Gasteiger partial charge in [-0.3, -0.25) is 4.79 Å². The van der Waals surface area contributed by atoms with Gasteiger partial charge in [0.25, 0.3) is 0 Å². The summed E-state index contributed by atoms with van der Waals surface area (Å²) in [6, 6.07) is 10.3. The number of rotatable bonds is 3. The highest BCUT2D eigenvalue weighted by molar-refractivity contribution is 5.92. The Bertz CT molecular complexity index is 560. The van der Waals surface area contributed by atoms with Gasteiger partial charge in [-0.25, -0.2) is 0 Å². The van der Waals surface area contributed by atoms with Gasteiger partial charge in [0, 0.05) is 12.1 Å². The zero-order chi connectivity index (χ0) is 15.1. The predicted molar refractivity (Wildman–Crippen MR) is 86.6 cm³/mol. The van der Waals surface area contributed by atoms with Gasteiger partial charge in [0.05, 0.1) is 0 Å². The molecule has 0 spiro atoms. The summed E-state index contributed by atoms with van der Waals surface area (Å²) < 4.78 is 0. The van der Waals surface area contributed by atoms with E-state index in [0.29, 0.717) is 11.5 Å². The van der Waals surface area contributed by atoms with Gasteiger partial charge in [0.1, 0.15) is 0 Å². The summed E-state index contributed by atoms with van der Waals surface area (Å²) in [4.78, 5) is 12.2. The second-order valence-corrected chi connectivity index (χ2v) is 7.42. The summed E-state index contributed by atoms with van der Waals surface area (Å²) in [7, 11) is 0. The molecule has 0 radical (unpaired) electrons. The molecule has 0 unspecified atom stereocenters. The number of fused-ring (bicyclic) bond motifs is 2. The summed E-state index contributed by atoms with van der Waals surface area (Å²) in [5, 5.41) is 3.25. The molecule has 3 rings (SSSR count). The first kappa shape index (κ1) is 14.4. The summed E-state index contributed by atoms with van der Waals surface area (Å²) >= 11 is 0. The molecule has 2 aliphatic rings. The number of hydrogen-bond acceptors (Lipinski definition) is 1. The van der Waals surface area contributed by atoms with Gasteiger partial charge in [-0.05, 0) is 47.6 Å². The van der Waals surface area contributed by atoms with E-state index >= 15 is 0 Å². The molecule has 1 aromatic carbocycles. The Kier molecular flexibility index (Phi) is 3.43. The highest BCUT2D eigenvalue weighted by Crippen LogP contribution is 2.65. The SMILES string of the molecule is CC1(C)[C@@H]2CC[C@@]1(C)[C@H](NC(=O)/C=C/c1ccccc1)C2. The Morgan fingerprint density at radius 3 is 2.52 bits per heavy atom. The second-order valence-electron chi connectivity index (χ2n) is 7.42. The molecule has 0 saturated heterocycles. The van der Waals surface area contributed by atoms with Crippen molar-refractivity contribution < 1.29 is 4.79 Å². The Labute approximate surface area is 127 Å². The van der Waals surface area contributed by atoms with E-state index in [1.165, 1.54) is 12.8 Å². The Morgan fingerprint density at radius 1 is 1.24 bits per heavy atom. The van der Waals surface area contributed by atoms with E-state index in [1.807, 2.05) is 36.4 Å². The molecule has 2 heteroatoms. The molecule has 0 aromatic heterocycles. The zero-order valence-electron chi connectivity index (χ0n) is 13.2. The average Bonchev–Trinajstić information content (AvgIpc) is 2.79. The maximum atomic E-state index is 12.2. The van der Waals surface area contributed by atoms with Crippen LogP contribution in [-0.2, 0) is 4.79 Å². The topological polar surface area (TPSA) is 29.1 Å². The smallest absolute Gasteiger partial charge is 0.244 e. The van der Waals surface area contributed by atoms with Crippen LogP contribution in [0.4, 0.5) is 0 Å². The number of carbonyl (C=O) groups is 1. The molecular weight excluding hydrogens is 258 g/mol. The van der Waals surface area contributed by atoms with Gasteiger partial charge < -0.3 is 5.32 Å². The third-order valence-electron chi connectivity index (χ3n) is 6.34. The monoisotopic (exact) mass is 283 g/mol. The molecule has 0 heterocycles. The first-order valence-electron chi connectivity index (χ1n) is 7.97. The fourth-order valence-corrected chi connectivity index (χ4v) is 4.38. The van der Waals surface area contributed by atoms with Gasteiger partial charge in [-0.15, -0.1) is 0 Å². The quantitative estimate of drug-likeness (QED) is 0.834. The van der Waals surface area contributed by atoms with Crippen LogP contribution >= 0.6 is 0 Å². The number of hydrogen-bond donors (Lipinski definition) is 1. The Balaban J connectivity index is 1.66. The number of carbonyl (C=O) groups excluding carboxylic acids is 1. The van der Waals surface area contributed by atoms with Crippen molar-refractivity contribution in [1.29, 1.82) is 0 Å². The summed E-state index contributed by atoms with van der Waals surface area (Å²) in [5.74, 6) is 0.791. The predicted octanol–water partition coefficient (Wildman–Crippen LogP) is 4.03. The minimum atomic E-state index is 0.0356. The highest BCUT2D eigenvalue weighted by Gasteiger charge is 2.61. The van der Waals surface area contributed by atoms with Gasteiger partial charge in [0.15, 0.2) is 0 Å². The fourth-order valence-electron chi connectivity index (χ4n) is 4.38. The van der Waals surface area contributed by atoms with E-state index < -0.39 is 0 Å². The van der Waals surface area contributed by atoms with Gasteiger partial charge >= 0.3 is 0 Å². The van der Waals surface area contributed by atoms with E-state index in [0.717, 1.165) is 17.9 Å².